The highest BCUT2D eigenvalue weighted by atomic mass is 19.4. The number of hydrogen-bond donors (Lipinski definition) is 0. The van der Waals surface area contributed by atoms with Crippen molar-refractivity contribution in [3.63, 3.8) is 0 Å². The highest BCUT2D eigenvalue weighted by Crippen LogP contribution is 2.39. The van der Waals surface area contributed by atoms with Crippen LogP contribution < -0.4 is 4.74 Å². The van der Waals surface area contributed by atoms with E-state index in [0.717, 1.165) is 12.3 Å². The number of alkyl halides is 6. The molecular weight excluding hydrogens is 391 g/mol. The van der Waals surface area contributed by atoms with Crippen molar-refractivity contribution in [1.82, 2.24) is 4.98 Å². The number of hydrogen-bond acceptors (Lipinski definition) is 2. The van der Waals surface area contributed by atoms with E-state index in [1.54, 1.807) is 0 Å². The fourth-order valence-electron chi connectivity index (χ4n) is 2.50. The molecule has 0 N–H and O–H groups in total. The predicted octanol–water partition coefficient (Wildman–Crippen LogP) is 6.72. The van der Waals surface area contributed by atoms with Gasteiger partial charge in [0.05, 0.1) is 5.56 Å². The molecule has 3 rings (SSSR count). The van der Waals surface area contributed by atoms with Crippen molar-refractivity contribution in [3.05, 3.63) is 77.9 Å². The summed E-state index contributed by atoms with van der Waals surface area (Å²) in [6.07, 6.45) is -8.49. The minimum atomic E-state index is -4.72. The summed E-state index contributed by atoms with van der Waals surface area (Å²) in [6, 6.07) is 9.07. The molecule has 0 unspecified atom stereocenters. The second kappa shape index (κ2) is 7.14. The Balaban J connectivity index is 1.98. The topological polar surface area (TPSA) is 22.1 Å². The molecule has 1 heterocycles. The summed E-state index contributed by atoms with van der Waals surface area (Å²) in [7, 11) is 0. The highest BCUT2D eigenvalue weighted by molar-refractivity contribution is 5.69. The Morgan fingerprint density at radius 2 is 1.46 bits per heavy atom. The first-order valence-corrected chi connectivity index (χ1v) is 7.72. The molecule has 0 atom stereocenters. The van der Waals surface area contributed by atoms with Crippen molar-refractivity contribution in [2.24, 2.45) is 0 Å². The third-order valence-corrected chi connectivity index (χ3v) is 3.69. The molecule has 0 radical (unpaired) electrons. The van der Waals surface area contributed by atoms with E-state index in [-0.39, 0.29) is 17.1 Å². The first-order valence-electron chi connectivity index (χ1n) is 7.72. The molecule has 0 amide bonds. The number of rotatable bonds is 3. The van der Waals surface area contributed by atoms with Gasteiger partial charge in [0.2, 0.25) is 0 Å². The third kappa shape index (κ3) is 4.41. The number of pyridine rings is 1. The Bertz CT molecular complexity index is 996. The summed E-state index contributed by atoms with van der Waals surface area (Å²) in [6.45, 7) is 0. The largest absolute Gasteiger partial charge is 0.457 e. The van der Waals surface area contributed by atoms with Gasteiger partial charge in [-0.2, -0.15) is 26.3 Å². The van der Waals surface area contributed by atoms with Gasteiger partial charge in [0.15, 0.2) is 0 Å². The number of aromatic nitrogens is 1. The third-order valence-electron chi connectivity index (χ3n) is 3.69. The van der Waals surface area contributed by atoms with Gasteiger partial charge in [0, 0.05) is 12.3 Å². The maximum absolute atomic E-state index is 13.5. The van der Waals surface area contributed by atoms with Crippen LogP contribution in [-0.4, -0.2) is 4.98 Å². The van der Waals surface area contributed by atoms with Gasteiger partial charge in [-0.25, -0.2) is 4.39 Å². The molecule has 0 aliphatic heterocycles. The molecule has 0 saturated heterocycles. The SMILES string of the molecule is Fc1ccc(C(F)(F)F)c(-c2cccc(Oc3ccnc(C(F)(F)F)c3)c2)c1. The minimum absolute atomic E-state index is 0.00516. The lowest BCUT2D eigenvalue weighted by Crippen LogP contribution is -2.07. The summed E-state index contributed by atoms with van der Waals surface area (Å²) < 4.78 is 96.6. The van der Waals surface area contributed by atoms with Crippen molar-refractivity contribution in [3.8, 4) is 22.6 Å². The molecule has 146 valence electrons. The van der Waals surface area contributed by atoms with Gasteiger partial charge in [0.1, 0.15) is 23.0 Å². The smallest absolute Gasteiger partial charge is 0.433 e. The molecule has 0 bridgehead atoms. The number of nitrogens with zero attached hydrogens (tertiary/aromatic N) is 1. The molecular formula is C19H10F7NO. The molecule has 0 fully saturated rings. The fourth-order valence-corrected chi connectivity index (χ4v) is 2.50. The van der Waals surface area contributed by atoms with Gasteiger partial charge in [0.25, 0.3) is 0 Å². The van der Waals surface area contributed by atoms with Gasteiger partial charge < -0.3 is 4.74 Å². The van der Waals surface area contributed by atoms with Crippen molar-refractivity contribution in [2.45, 2.75) is 12.4 Å². The van der Waals surface area contributed by atoms with Crippen LogP contribution in [0.1, 0.15) is 11.3 Å². The first-order chi connectivity index (χ1) is 13.0. The average Bonchev–Trinajstić information content (AvgIpc) is 2.60. The van der Waals surface area contributed by atoms with Gasteiger partial charge >= 0.3 is 12.4 Å². The summed E-state index contributed by atoms with van der Waals surface area (Å²) in [5, 5.41) is 0. The van der Waals surface area contributed by atoms with Gasteiger partial charge in [-0.05, 0) is 47.5 Å². The standard InChI is InChI=1S/C19H10F7NO/c20-12-4-5-16(18(21,22)23)15(9-12)11-2-1-3-13(8-11)28-14-6-7-27-17(10-14)19(24,25)26/h1-10H. The maximum atomic E-state index is 13.5. The first kappa shape index (κ1) is 19.7. The van der Waals surface area contributed by atoms with E-state index in [4.69, 9.17) is 4.74 Å². The molecule has 1 aromatic heterocycles. The monoisotopic (exact) mass is 401 g/mol. The van der Waals surface area contributed by atoms with Crippen molar-refractivity contribution in [1.29, 1.82) is 0 Å². The lowest BCUT2D eigenvalue weighted by molar-refractivity contribution is -0.141. The van der Waals surface area contributed by atoms with E-state index in [2.05, 4.69) is 4.98 Å². The summed E-state index contributed by atoms with van der Waals surface area (Å²) in [5.74, 6) is -1.08. The molecule has 28 heavy (non-hydrogen) atoms. The molecule has 2 nitrogen and oxygen atoms in total. The zero-order valence-electron chi connectivity index (χ0n) is 13.8. The van der Waals surface area contributed by atoms with Crippen LogP contribution >= 0.6 is 0 Å². The molecule has 0 spiro atoms. The van der Waals surface area contributed by atoms with Crippen LogP contribution in [0.2, 0.25) is 0 Å². The van der Waals surface area contributed by atoms with Crippen LogP contribution in [0.4, 0.5) is 30.7 Å². The quantitative estimate of drug-likeness (QED) is 0.455. The van der Waals surface area contributed by atoms with Crippen molar-refractivity contribution in [2.75, 3.05) is 0 Å². The van der Waals surface area contributed by atoms with E-state index in [1.807, 2.05) is 0 Å². The molecule has 0 saturated carbocycles. The van der Waals surface area contributed by atoms with E-state index < -0.39 is 35.0 Å². The number of ether oxygens (including phenoxy) is 1. The van der Waals surface area contributed by atoms with E-state index in [9.17, 15) is 30.7 Å². The van der Waals surface area contributed by atoms with Gasteiger partial charge in [-0.1, -0.05) is 12.1 Å². The van der Waals surface area contributed by atoms with Gasteiger partial charge in [-0.15, -0.1) is 0 Å². The molecule has 0 aliphatic carbocycles. The number of halogens is 7. The Morgan fingerprint density at radius 1 is 0.750 bits per heavy atom. The summed E-state index contributed by atoms with van der Waals surface area (Å²) >= 11 is 0. The molecule has 3 aromatic rings. The lowest BCUT2D eigenvalue weighted by atomic mass is 9.99. The van der Waals surface area contributed by atoms with E-state index >= 15 is 0 Å². The molecule has 2 aromatic carbocycles. The normalized spacial score (nSPS) is 12.1. The average molecular weight is 401 g/mol. The maximum Gasteiger partial charge on any atom is 0.433 e. The Labute approximate surface area is 154 Å². The fraction of sp³-hybridized carbons (Fsp3) is 0.105. The van der Waals surface area contributed by atoms with Crippen LogP contribution in [0.15, 0.2) is 60.8 Å². The summed E-state index contributed by atoms with van der Waals surface area (Å²) in [5.41, 5.74) is -2.64. The van der Waals surface area contributed by atoms with Crippen molar-refractivity contribution >= 4 is 0 Å². The highest BCUT2D eigenvalue weighted by Gasteiger charge is 2.34. The lowest BCUT2D eigenvalue weighted by Gasteiger charge is -2.14. The Kier molecular flexibility index (Phi) is 5.01. The molecule has 0 aliphatic rings. The van der Waals surface area contributed by atoms with E-state index in [1.165, 1.54) is 30.3 Å². The molecule has 9 heteroatoms. The van der Waals surface area contributed by atoms with Crippen LogP contribution in [0, 0.1) is 5.82 Å². The van der Waals surface area contributed by atoms with E-state index in [0.29, 0.717) is 18.2 Å². The second-order valence-corrected chi connectivity index (χ2v) is 5.69. The van der Waals surface area contributed by atoms with Crippen LogP contribution in [0.5, 0.6) is 11.5 Å². The van der Waals surface area contributed by atoms with Crippen molar-refractivity contribution < 1.29 is 35.5 Å². The second-order valence-electron chi connectivity index (χ2n) is 5.69. The van der Waals surface area contributed by atoms with Crippen LogP contribution in [0.3, 0.4) is 0 Å². The van der Waals surface area contributed by atoms with Crippen LogP contribution in [-0.2, 0) is 12.4 Å². The predicted molar refractivity (Wildman–Crippen MR) is 86.2 cm³/mol. The summed E-state index contributed by atoms with van der Waals surface area (Å²) in [4.78, 5) is 3.19. The van der Waals surface area contributed by atoms with Gasteiger partial charge in [-0.3, -0.25) is 4.98 Å². The zero-order valence-corrected chi connectivity index (χ0v) is 13.8. The minimum Gasteiger partial charge on any atom is -0.457 e. The Hall–Kier alpha value is -3.10. The number of benzene rings is 2. The zero-order chi connectivity index (χ0) is 20.5. The van der Waals surface area contributed by atoms with Crippen LogP contribution in [0.25, 0.3) is 11.1 Å². The Morgan fingerprint density at radius 3 is 2.14 bits per heavy atom.